The molecule has 0 radical (unpaired) electrons. The van der Waals surface area contributed by atoms with Gasteiger partial charge in [-0.15, -0.1) is 5.10 Å². The van der Waals surface area contributed by atoms with Crippen molar-refractivity contribution >= 4 is 17.7 Å². The molecule has 1 aromatic heterocycles. The van der Waals surface area contributed by atoms with E-state index in [1.54, 1.807) is 4.57 Å². The number of allylic oxidation sites excluding steroid dienone is 2. The molecule has 7 heteroatoms. The Balaban J connectivity index is 2.19. The number of nitrogens with zero attached hydrogens (tertiary/aromatic N) is 2. The minimum absolute atomic E-state index is 0.0857. The topological polar surface area (TPSA) is 88.0 Å². The highest BCUT2D eigenvalue weighted by atomic mass is 32.2. The van der Waals surface area contributed by atoms with Crippen molar-refractivity contribution in [3.8, 4) is 0 Å². The van der Waals surface area contributed by atoms with Crippen LogP contribution in [0, 0.1) is 0 Å². The lowest BCUT2D eigenvalue weighted by molar-refractivity contribution is -0.133. The molecule has 0 aromatic carbocycles. The molecule has 1 aromatic rings. The van der Waals surface area contributed by atoms with E-state index in [0.29, 0.717) is 5.16 Å². The molecule has 92 valence electrons. The average Bonchev–Trinajstić information content (AvgIpc) is 2.69. The molecule has 0 aliphatic heterocycles. The summed E-state index contributed by atoms with van der Waals surface area (Å²) < 4.78 is 1.57. The number of hydrogen-bond acceptors (Lipinski definition) is 4. The van der Waals surface area contributed by atoms with Crippen molar-refractivity contribution in [3.63, 3.8) is 0 Å². The fourth-order valence-electron chi connectivity index (χ4n) is 1.85. The molecule has 1 aliphatic rings. The number of H-pyrrole nitrogens is 1. The van der Waals surface area contributed by atoms with Gasteiger partial charge in [0.2, 0.25) is 0 Å². The van der Waals surface area contributed by atoms with E-state index >= 15 is 0 Å². The normalized spacial score (nSPS) is 19.4. The number of carboxylic acids is 1. The number of nitrogens with one attached hydrogen (secondary N) is 1. The fraction of sp³-hybridized carbons (Fsp3) is 0.500. The van der Waals surface area contributed by atoms with Gasteiger partial charge in [-0.25, -0.2) is 9.89 Å². The minimum atomic E-state index is -0.916. The maximum atomic E-state index is 11.6. The molecule has 0 bridgehead atoms. The van der Waals surface area contributed by atoms with Crippen LogP contribution in [-0.4, -0.2) is 31.6 Å². The molecule has 1 unspecified atom stereocenters. The van der Waals surface area contributed by atoms with Crippen LogP contribution in [-0.2, 0) is 4.79 Å². The van der Waals surface area contributed by atoms with Crippen molar-refractivity contribution in [2.24, 2.45) is 0 Å². The number of hydrogen-bond donors (Lipinski definition) is 2. The standard InChI is InChI=1S/C10H13N3O3S/c14-8(15)6-17-10-12-11-9(16)13(10)7-4-2-1-3-5-7/h1-2,7H,3-6H2,(H,11,16)(H,14,15). The van der Waals surface area contributed by atoms with Crippen molar-refractivity contribution in [2.45, 2.75) is 30.5 Å². The Morgan fingerprint density at radius 3 is 3.12 bits per heavy atom. The van der Waals surface area contributed by atoms with Crippen LogP contribution in [0.25, 0.3) is 0 Å². The molecule has 1 atom stereocenters. The highest BCUT2D eigenvalue weighted by molar-refractivity contribution is 7.99. The second kappa shape index (κ2) is 5.22. The summed E-state index contributed by atoms with van der Waals surface area (Å²) in [4.78, 5) is 22.2. The summed E-state index contributed by atoms with van der Waals surface area (Å²) in [5.41, 5.74) is -0.266. The van der Waals surface area contributed by atoms with Crippen LogP contribution in [0.15, 0.2) is 22.1 Å². The summed E-state index contributed by atoms with van der Waals surface area (Å²) in [5, 5.41) is 15.3. The van der Waals surface area contributed by atoms with E-state index in [1.807, 2.05) is 6.08 Å². The zero-order chi connectivity index (χ0) is 12.3. The number of aliphatic carboxylic acids is 1. The molecular formula is C10H13N3O3S. The Morgan fingerprint density at radius 2 is 2.47 bits per heavy atom. The van der Waals surface area contributed by atoms with E-state index in [2.05, 4.69) is 16.3 Å². The van der Waals surface area contributed by atoms with Crippen LogP contribution < -0.4 is 5.69 Å². The minimum Gasteiger partial charge on any atom is -0.481 e. The van der Waals surface area contributed by atoms with Crippen molar-refractivity contribution in [2.75, 3.05) is 5.75 Å². The maximum Gasteiger partial charge on any atom is 0.344 e. The first-order valence-corrected chi connectivity index (χ1v) is 6.33. The van der Waals surface area contributed by atoms with Crippen LogP contribution >= 0.6 is 11.8 Å². The molecule has 2 rings (SSSR count). The number of thioether (sulfide) groups is 1. The lowest BCUT2D eigenvalue weighted by Gasteiger charge is -2.19. The van der Waals surface area contributed by atoms with Crippen molar-refractivity contribution in [1.29, 1.82) is 0 Å². The van der Waals surface area contributed by atoms with E-state index < -0.39 is 5.97 Å². The van der Waals surface area contributed by atoms with Gasteiger partial charge in [-0.3, -0.25) is 9.36 Å². The molecule has 0 fully saturated rings. The van der Waals surface area contributed by atoms with E-state index in [-0.39, 0.29) is 17.5 Å². The van der Waals surface area contributed by atoms with E-state index in [0.717, 1.165) is 31.0 Å². The summed E-state index contributed by atoms with van der Waals surface area (Å²) >= 11 is 1.07. The Labute approximate surface area is 102 Å². The van der Waals surface area contributed by atoms with Gasteiger partial charge in [-0.05, 0) is 19.3 Å². The number of carboxylic acid groups (broad SMARTS) is 1. The van der Waals surface area contributed by atoms with Gasteiger partial charge in [-0.2, -0.15) is 0 Å². The Hall–Kier alpha value is -1.50. The van der Waals surface area contributed by atoms with E-state index in [1.165, 1.54) is 0 Å². The summed E-state index contributed by atoms with van der Waals surface area (Å²) in [5.74, 6) is -1.01. The molecule has 0 spiro atoms. The van der Waals surface area contributed by atoms with Crippen LogP contribution in [0.1, 0.15) is 25.3 Å². The zero-order valence-corrected chi connectivity index (χ0v) is 9.94. The number of aromatic amines is 1. The molecule has 6 nitrogen and oxygen atoms in total. The van der Waals surface area contributed by atoms with E-state index in [4.69, 9.17) is 5.11 Å². The molecule has 17 heavy (non-hydrogen) atoms. The third kappa shape index (κ3) is 2.79. The van der Waals surface area contributed by atoms with Gasteiger partial charge < -0.3 is 5.11 Å². The highest BCUT2D eigenvalue weighted by Crippen LogP contribution is 2.26. The third-order valence-electron chi connectivity index (χ3n) is 2.60. The van der Waals surface area contributed by atoms with E-state index in [9.17, 15) is 9.59 Å². The first kappa shape index (κ1) is 12.0. The quantitative estimate of drug-likeness (QED) is 0.619. The fourth-order valence-corrected chi connectivity index (χ4v) is 2.59. The third-order valence-corrected chi connectivity index (χ3v) is 3.54. The second-order valence-corrected chi connectivity index (χ2v) is 4.74. The Kier molecular flexibility index (Phi) is 3.68. The maximum absolute atomic E-state index is 11.6. The Morgan fingerprint density at radius 1 is 1.65 bits per heavy atom. The molecule has 1 aliphatic carbocycles. The Bertz CT molecular complexity index is 491. The lowest BCUT2D eigenvalue weighted by Crippen LogP contribution is -2.24. The number of carbonyl (C=O) groups is 1. The second-order valence-electron chi connectivity index (χ2n) is 3.80. The molecule has 0 saturated heterocycles. The van der Waals surface area contributed by atoms with Crippen LogP contribution in [0.5, 0.6) is 0 Å². The van der Waals surface area contributed by atoms with Crippen molar-refractivity contribution in [1.82, 2.24) is 14.8 Å². The van der Waals surface area contributed by atoms with Gasteiger partial charge in [-0.1, -0.05) is 23.9 Å². The number of rotatable bonds is 4. The molecule has 0 saturated carbocycles. The smallest absolute Gasteiger partial charge is 0.344 e. The van der Waals surface area contributed by atoms with Crippen molar-refractivity contribution in [3.05, 3.63) is 22.6 Å². The van der Waals surface area contributed by atoms with Gasteiger partial charge in [0.05, 0.1) is 5.75 Å². The van der Waals surface area contributed by atoms with Gasteiger partial charge in [0.25, 0.3) is 0 Å². The lowest BCUT2D eigenvalue weighted by atomic mass is 10.0. The van der Waals surface area contributed by atoms with Crippen LogP contribution in [0.2, 0.25) is 0 Å². The summed E-state index contributed by atoms with van der Waals surface area (Å²) in [6, 6.07) is 0.0857. The van der Waals surface area contributed by atoms with Gasteiger partial charge >= 0.3 is 11.7 Å². The molecule has 0 amide bonds. The van der Waals surface area contributed by atoms with Gasteiger partial charge in [0, 0.05) is 6.04 Å². The predicted molar refractivity (Wildman–Crippen MR) is 63.2 cm³/mol. The monoisotopic (exact) mass is 255 g/mol. The summed E-state index contributed by atoms with van der Waals surface area (Å²) in [6.45, 7) is 0. The zero-order valence-electron chi connectivity index (χ0n) is 9.13. The summed E-state index contributed by atoms with van der Waals surface area (Å²) in [7, 11) is 0. The van der Waals surface area contributed by atoms with Crippen molar-refractivity contribution < 1.29 is 9.90 Å². The molecule has 2 N–H and O–H groups in total. The first-order chi connectivity index (χ1) is 8.18. The first-order valence-electron chi connectivity index (χ1n) is 5.35. The van der Waals surface area contributed by atoms with Crippen LogP contribution in [0.3, 0.4) is 0 Å². The van der Waals surface area contributed by atoms with Crippen LogP contribution in [0.4, 0.5) is 0 Å². The molecular weight excluding hydrogens is 242 g/mol. The SMILES string of the molecule is O=C(O)CSc1n[nH]c(=O)n1C1CC=CCC1. The summed E-state index contributed by atoms with van der Waals surface area (Å²) in [6.07, 6.45) is 6.74. The molecule has 1 heterocycles. The number of aromatic nitrogens is 3. The highest BCUT2D eigenvalue weighted by Gasteiger charge is 2.19. The van der Waals surface area contributed by atoms with Gasteiger partial charge in [0.1, 0.15) is 0 Å². The average molecular weight is 255 g/mol. The largest absolute Gasteiger partial charge is 0.481 e. The van der Waals surface area contributed by atoms with Gasteiger partial charge in [0.15, 0.2) is 5.16 Å². The predicted octanol–water partition coefficient (Wildman–Crippen LogP) is 1.03.